The van der Waals surface area contributed by atoms with E-state index in [-0.39, 0.29) is 11.4 Å². The molecule has 1 heterocycles. The molecule has 1 aliphatic heterocycles. The maximum Gasteiger partial charge on any atom is 0.240 e. The number of ether oxygens (including phenoxy) is 1. The summed E-state index contributed by atoms with van der Waals surface area (Å²) in [5.74, 6) is 0.333. The van der Waals surface area contributed by atoms with Gasteiger partial charge in [0.1, 0.15) is 0 Å². The Kier molecular flexibility index (Phi) is 5.40. The van der Waals surface area contributed by atoms with Crippen molar-refractivity contribution < 1.29 is 13.2 Å². The van der Waals surface area contributed by atoms with Gasteiger partial charge in [0.2, 0.25) is 10.0 Å². The Labute approximate surface area is 124 Å². The first-order valence-electron chi connectivity index (χ1n) is 6.59. The van der Waals surface area contributed by atoms with Gasteiger partial charge in [0, 0.05) is 31.3 Å². The van der Waals surface area contributed by atoms with Gasteiger partial charge in [-0.3, -0.25) is 0 Å². The maximum absolute atomic E-state index is 12.2. The second-order valence-corrected chi connectivity index (χ2v) is 7.04. The van der Waals surface area contributed by atoms with E-state index in [0.29, 0.717) is 36.3 Å². The first-order valence-corrected chi connectivity index (χ1v) is 8.45. The summed E-state index contributed by atoms with van der Waals surface area (Å²) < 4.78 is 32.4. The fourth-order valence-electron chi connectivity index (χ4n) is 2.14. The molecule has 1 fully saturated rings. The summed E-state index contributed by atoms with van der Waals surface area (Å²) in [5.41, 5.74) is 6.17. The zero-order valence-corrected chi connectivity index (χ0v) is 12.7. The number of sulfonamides is 1. The zero-order valence-electron chi connectivity index (χ0n) is 11.1. The van der Waals surface area contributed by atoms with Gasteiger partial charge in [0.25, 0.3) is 0 Å². The van der Waals surface area contributed by atoms with Gasteiger partial charge < -0.3 is 10.5 Å². The molecule has 5 nitrogen and oxygen atoms in total. The molecule has 2 rings (SSSR count). The summed E-state index contributed by atoms with van der Waals surface area (Å²) in [5, 5.41) is 0.482. The minimum atomic E-state index is -3.51. The van der Waals surface area contributed by atoms with Crippen LogP contribution in [-0.4, -0.2) is 28.2 Å². The molecule has 20 heavy (non-hydrogen) atoms. The molecule has 1 aromatic carbocycles. The van der Waals surface area contributed by atoms with Crippen LogP contribution in [0.5, 0.6) is 0 Å². The van der Waals surface area contributed by atoms with Gasteiger partial charge >= 0.3 is 0 Å². The molecule has 1 saturated heterocycles. The molecular weight excluding hydrogens is 300 g/mol. The minimum absolute atomic E-state index is 0.203. The fraction of sp³-hybridized carbons (Fsp3) is 0.538. The molecule has 0 spiro atoms. The fourth-order valence-corrected chi connectivity index (χ4v) is 3.50. The van der Waals surface area contributed by atoms with Gasteiger partial charge in [0.05, 0.1) is 4.90 Å². The van der Waals surface area contributed by atoms with E-state index in [0.717, 1.165) is 12.8 Å². The van der Waals surface area contributed by atoms with Gasteiger partial charge in [-0.2, -0.15) is 0 Å². The average molecular weight is 319 g/mol. The highest BCUT2D eigenvalue weighted by Gasteiger charge is 2.19. The Hall–Kier alpha value is -0.660. The second-order valence-electron chi connectivity index (χ2n) is 4.86. The Morgan fingerprint density at radius 3 is 2.70 bits per heavy atom. The van der Waals surface area contributed by atoms with Crippen LogP contribution in [0.4, 0.5) is 0 Å². The third-order valence-corrected chi connectivity index (χ3v) is 5.24. The molecule has 3 N–H and O–H groups in total. The van der Waals surface area contributed by atoms with Gasteiger partial charge in [-0.1, -0.05) is 11.6 Å². The number of benzene rings is 1. The molecule has 0 amide bonds. The lowest BCUT2D eigenvalue weighted by Crippen LogP contribution is -2.32. The van der Waals surface area contributed by atoms with Crippen LogP contribution >= 0.6 is 11.6 Å². The number of halogens is 1. The smallest absolute Gasteiger partial charge is 0.240 e. The number of rotatable bonds is 5. The SMILES string of the molecule is NCc1cc(S(=O)(=O)NCC2CCOCC2)ccc1Cl. The van der Waals surface area contributed by atoms with E-state index in [2.05, 4.69) is 4.72 Å². The normalized spacial score (nSPS) is 17.3. The summed E-state index contributed by atoms with van der Waals surface area (Å²) in [7, 11) is -3.51. The summed E-state index contributed by atoms with van der Waals surface area (Å²) >= 11 is 5.94. The van der Waals surface area contributed by atoms with Crippen LogP contribution in [0.2, 0.25) is 5.02 Å². The molecule has 1 aromatic rings. The summed E-state index contributed by atoms with van der Waals surface area (Å²) in [6.45, 7) is 2.05. The summed E-state index contributed by atoms with van der Waals surface area (Å²) in [6, 6.07) is 4.58. The van der Waals surface area contributed by atoms with Crippen molar-refractivity contribution in [2.24, 2.45) is 11.7 Å². The zero-order chi connectivity index (χ0) is 14.6. The van der Waals surface area contributed by atoms with Crippen LogP contribution in [0.25, 0.3) is 0 Å². The molecular formula is C13H19ClN2O3S. The monoisotopic (exact) mass is 318 g/mol. The van der Waals surface area contributed by atoms with Crippen LogP contribution in [0, 0.1) is 5.92 Å². The van der Waals surface area contributed by atoms with E-state index in [4.69, 9.17) is 22.1 Å². The molecule has 7 heteroatoms. The molecule has 0 radical (unpaired) electrons. The number of nitrogens with one attached hydrogen (secondary N) is 1. The molecule has 112 valence electrons. The van der Waals surface area contributed by atoms with Crippen molar-refractivity contribution in [3.05, 3.63) is 28.8 Å². The lowest BCUT2D eigenvalue weighted by molar-refractivity contribution is 0.0678. The minimum Gasteiger partial charge on any atom is -0.381 e. The molecule has 0 aliphatic carbocycles. The van der Waals surface area contributed by atoms with Crippen LogP contribution in [0.1, 0.15) is 18.4 Å². The van der Waals surface area contributed by atoms with E-state index >= 15 is 0 Å². The Bertz CT molecular complexity index is 557. The highest BCUT2D eigenvalue weighted by atomic mass is 35.5. The van der Waals surface area contributed by atoms with Crippen molar-refractivity contribution in [2.45, 2.75) is 24.3 Å². The average Bonchev–Trinajstić information content (AvgIpc) is 2.46. The molecule has 0 atom stereocenters. The van der Waals surface area contributed by atoms with Crippen molar-refractivity contribution in [1.29, 1.82) is 0 Å². The Morgan fingerprint density at radius 1 is 1.35 bits per heavy atom. The van der Waals surface area contributed by atoms with Crippen molar-refractivity contribution >= 4 is 21.6 Å². The first-order chi connectivity index (χ1) is 9.53. The summed E-state index contributed by atoms with van der Waals surface area (Å²) in [6.07, 6.45) is 1.77. The Balaban J connectivity index is 2.05. The Morgan fingerprint density at radius 2 is 2.05 bits per heavy atom. The van der Waals surface area contributed by atoms with Crippen molar-refractivity contribution in [3.8, 4) is 0 Å². The quantitative estimate of drug-likeness (QED) is 0.862. The predicted molar refractivity (Wildman–Crippen MR) is 78.1 cm³/mol. The molecule has 0 aromatic heterocycles. The van der Waals surface area contributed by atoms with E-state index in [1.807, 2.05) is 0 Å². The standard InChI is InChI=1S/C13H19ClN2O3S/c14-13-2-1-12(7-11(13)8-15)20(17,18)16-9-10-3-5-19-6-4-10/h1-2,7,10,16H,3-6,8-9,15H2. The van der Waals surface area contributed by atoms with E-state index in [9.17, 15) is 8.42 Å². The maximum atomic E-state index is 12.2. The van der Waals surface area contributed by atoms with Gasteiger partial charge in [-0.25, -0.2) is 13.1 Å². The molecule has 0 saturated carbocycles. The van der Waals surface area contributed by atoms with Crippen LogP contribution in [-0.2, 0) is 21.3 Å². The van der Waals surface area contributed by atoms with Crippen LogP contribution < -0.4 is 10.5 Å². The van der Waals surface area contributed by atoms with E-state index < -0.39 is 10.0 Å². The van der Waals surface area contributed by atoms with Gasteiger partial charge in [-0.15, -0.1) is 0 Å². The van der Waals surface area contributed by atoms with Crippen molar-refractivity contribution in [1.82, 2.24) is 4.72 Å². The lowest BCUT2D eigenvalue weighted by Gasteiger charge is -2.22. The number of hydrogen-bond acceptors (Lipinski definition) is 4. The second kappa shape index (κ2) is 6.87. The largest absolute Gasteiger partial charge is 0.381 e. The predicted octanol–water partition coefficient (Wildman–Crippen LogP) is 1.50. The highest BCUT2D eigenvalue weighted by Crippen LogP contribution is 2.20. The van der Waals surface area contributed by atoms with Crippen molar-refractivity contribution in [2.75, 3.05) is 19.8 Å². The van der Waals surface area contributed by atoms with Crippen LogP contribution in [0.15, 0.2) is 23.1 Å². The number of hydrogen-bond donors (Lipinski definition) is 2. The number of nitrogens with two attached hydrogens (primary N) is 1. The first kappa shape index (κ1) is 15.7. The van der Waals surface area contributed by atoms with E-state index in [1.165, 1.54) is 12.1 Å². The van der Waals surface area contributed by atoms with Gasteiger partial charge in [0.15, 0.2) is 0 Å². The molecule has 0 unspecified atom stereocenters. The summed E-state index contributed by atoms with van der Waals surface area (Å²) in [4.78, 5) is 0.203. The highest BCUT2D eigenvalue weighted by molar-refractivity contribution is 7.89. The third kappa shape index (κ3) is 3.93. The van der Waals surface area contributed by atoms with Crippen LogP contribution in [0.3, 0.4) is 0 Å². The third-order valence-electron chi connectivity index (χ3n) is 3.45. The van der Waals surface area contributed by atoms with Gasteiger partial charge in [-0.05, 0) is 42.5 Å². The lowest BCUT2D eigenvalue weighted by atomic mass is 10.0. The topological polar surface area (TPSA) is 81.4 Å². The van der Waals surface area contributed by atoms with E-state index in [1.54, 1.807) is 6.07 Å². The molecule has 0 bridgehead atoms. The molecule has 1 aliphatic rings. The van der Waals surface area contributed by atoms with Crippen molar-refractivity contribution in [3.63, 3.8) is 0 Å².